The van der Waals surface area contributed by atoms with Gasteiger partial charge in [0.05, 0.1) is 35.1 Å². The fourth-order valence-corrected chi connectivity index (χ4v) is 2.41. The summed E-state index contributed by atoms with van der Waals surface area (Å²) < 4.78 is 3.36. The van der Waals surface area contributed by atoms with Crippen LogP contribution in [0.3, 0.4) is 0 Å². The lowest BCUT2D eigenvalue weighted by molar-refractivity contribution is 0.0699. The van der Waals surface area contributed by atoms with E-state index in [4.69, 9.17) is 0 Å². The van der Waals surface area contributed by atoms with Crippen molar-refractivity contribution in [3.8, 4) is 0 Å². The normalized spacial score (nSPS) is 13.0. The number of carbonyl (C=O) groups is 1. The molecule has 3 rings (SSSR count). The van der Waals surface area contributed by atoms with Crippen molar-refractivity contribution in [2.75, 3.05) is 0 Å². The first-order chi connectivity index (χ1) is 11.5. The Morgan fingerprint density at radius 1 is 1.38 bits per heavy atom. The summed E-state index contributed by atoms with van der Waals surface area (Å²) in [6, 6.07) is 1.68. The predicted octanol–water partition coefficient (Wildman–Crippen LogP) is 2.40. The zero-order valence-corrected chi connectivity index (χ0v) is 13.7. The van der Waals surface area contributed by atoms with Crippen molar-refractivity contribution >= 4 is 29.2 Å². The summed E-state index contributed by atoms with van der Waals surface area (Å²) >= 11 is 0. The van der Waals surface area contributed by atoms with Crippen molar-refractivity contribution in [2.24, 2.45) is 7.05 Å². The molecule has 0 aromatic carbocycles. The number of hydrogen-bond acceptors (Lipinski definition) is 5. The van der Waals surface area contributed by atoms with Crippen molar-refractivity contribution in [3.63, 3.8) is 0 Å². The van der Waals surface area contributed by atoms with E-state index in [2.05, 4.69) is 20.4 Å². The van der Waals surface area contributed by atoms with Crippen LogP contribution in [-0.4, -0.2) is 40.8 Å². The molecule has 0 spiro atoms. The van der Waals surface area contributed by atoms with Crippen LogP contribution in [0.5, 0.6) is 0 Å². The third-order valence-electron chi connectivity index (χ3n) is 3.87. The molecule has 1 N–H and O–H groups in total. The van der Waals surface area contributed by atoms with Crippen molar-refractivity contribution in [1.82, 2.24) is 29.8 Å². The number of aromatic nitrogens is 6. The summed E-state index contributed by atoms with van der Waals surface area (Å²) in [6.45, 7) is 4.07. The lowest BCUT2D eigenvalue weighted by Gasteiger charge is -2.10. The van der Waals surface area contributed by atoms with Gasteiger partial charge < -0.3 is 5.11 Å². The Hall–Kier alpha value is -3.03. The first-order valence-corrected chi connectivity index (χ1v) is 7.65. The molecule has 0 aliphatic rings. The number of carboxylic acids is 1. The molecule has 3 heterocycles. The number of nitrogens with zero attached hydrogens (tertiary/aromatic N) is 6. The van der Waals surface area contributed by atoms with E-state index in [0.717, 1.165) is 6.42 Å². The predicted molar refractivity (Wildman–Crippen MR) is 89.4 cm³/mol. The molecule has 3 aromatic rings. The number of hydrogen-bond donors (Lipinski definition) is 1. The van der Waals surface area contributed by atoms with E-state index in [1.54, 1.807) is 47.0 Å². The van der Waals surface area contributed by atoms with Gasteiger partial charge in [-0.3, -0.25) is 4.68 Å². The highest BCUT2D eigenvalue weighted by atomic mass is 16.4. The summed E-state index contributed by atoms with van der Waals surface area (Å²) in [5, 5.41) is 22.2. The van der Waals surface area contributed by atoms with Crippen LogP contribution in [0.2, 0.25) is 0 Å². The highest BCUT2D eigenvalue weighted by Gasteiger charge is 2.17. The second kappa shape index (κ2) is 6.23. The maximum atomic E-state index is 11.6. The highest BCUT2D eigenvalue weighted by molar-refractivity contribution is 6.02. The zero-order chi connectivity index (χ0) is 17.3. The lowest BCUT2D eigenvalue weighted by Crippen LogP contribution is -2.07. The molecule has 0 aliphatic carbocycles. The maximum Gasteiger partial charge on any atom is 0.336 e. The molecule has 1 atom stereocenters. The first kappa shape index (κ1) is 15.9. The third kappa shape index (κ3) is 2.90. The SMILES string of the molecule is CCC(C)n1ncc2c(C(=O)O)cc(C=Cc3cn(C)nn3)nc21. The zero-order valence-electron chi connectivity index (χ0n) is 13.7. The van der Waals surface area contributed by atoms with E-state index >= 15 is 0 Å². The van der Waals surface area contributed by atoms with Gasteiger partial charge in [0.25, 0.3) is 0 Å². The molecule has 0 fully saturated rings. The van der Waals surface area contributed by atoms with Gasteiger partial charge in [0.1, 0.15) is 5.69 Å². The lowest BCUT2D eigenvalue weighted by atomic mass is 10.1. The van der Waals surface area contributed by atoms with Gasteiger partial charge >= 0.3 is 5.97 Å². The molecule has 3 aromatic heterocycles. The van der Waals surface area contributed by atoms with Gasteiger partial charge in [-0.15, -0.1) is 5.10 Å². The number of rotatable bonds is 5. The molecule has 24 heavy (non-hydrogen) atoms. The maximum absolute atomic E-state index is 11.6. The molecule has 8 nitrogen and oxygen atoms in total. The van der Waals surface area contributed by atoms with Crippen molar-refractivity contribution in [2.45, 2.75) is 26.3 Å². The second-order valence-electron chi connectivity index (χ2n) is 5.63. The molecule has 0 saturated carbocycles. The van der Waals surface area contributed by atoms with E-state index < -0.39 is 5.97 Å². The summed E-state index contributed by atoms with van der Waals surface area (Å²) in [4.78, 5) is 16.1. The van der Waals surface area contributed by atoms with Crippen LogP contribution in [0.25, 0.3) is 23.2 Å². The molecule has 0 aliphatic heterocycles. The van der Waals surface area contributed by atoms with Gasteiger partial charge in [-0.05, 0) is 31.6 Å². The first-order valence-electron chi connectivity index (χ1n) is 7.65. The van der Waals surface area contributed by atoms with Crippen LogP contribution < -0.4 is 0 Å². The summed E-state index contributed by atoms with van der Waals surface area (Å²) in [5.74, 6) is -1.000. The quantitative estimate of drug-likeness (QED) is 0.773. The minimum absolute atomic E-state index is 0.135. The molecule has 0 saturated heterocycles. The van der Waals surface area contributed by atoms with E-state index in [9.17, 15) is 9.90 Å². The molecule has 1 unspecified atom stereocenters. The Kier molecular flexibility index (Phi) is 4.11. The monoisotopic (exact) mass is 326 g/mol. The van der Waals surface area contributed by atoms with Crippen LogP contribution in [0, 0.1) is 0 Å². The summed E-state index contributed by atoms with van der Waals surface area (Å²) in [6.07, 6.45) is 7.67. The van der Waals surface area contributed by atoms with E-state index in [1.165, 1.54) is 0 Å². The minimum atomic E-state index is -1.000. The molecule has 8 heteroatoms. The molecule has 0 bridgehead atoms. The van der Waals surface area contributed by atoms with Crippen LogP contribution in [0.4, 0.5) is 0 Å². The molecule has 0 amide bonds. The fourth-order valence-electron chi connectivity index (χ4n) is 2.41. The Labute approximate surface area is 138 Å². The Balaban J connectivity index is 2.10. The van der Waals surface area contributed by atoms with Crippen molar-refractivity contribution < 1.29 is 9.90 Å². The fraction of sp³-hybridized carbons (Fsp3) is 0.312. The van der Waals surface area contributed by atoms with E-state index in [1.807, 2.05) is 13.8 Å². The summed E-state index contributed by atoms with van der Waals surface area (Å²) in [5.41, 5.74) is 1.97. The van der Waals surface area contributed by atoms with Crippen molar-refractivity contribution in [1.29, 1.82) is 0 Å². The molecular formula is C16H18N6O2. The van der Waals surface area contributed by atoms with Gasteiger partial charge in [-0.1, -0.05) is 12.1 Å². The van der Waals surface area contributed by atoms with Gasteiger partial charge in [0.15, 0.2) is 5.65 Å². The van der Waals surface area contributed by atoms with Gasteiger partial charge in [0, 0.05) is 7.05 Å². The summed E-state index contributed by atoms with van der Waals surface area (Å²) in [7, 11) is 1.78. The largest absolute Gasteiger partial charge is 0.478 e. The van der Waals surface area contributed by atoms with Crippen LogP contribution in [-0.2, 0) is 7.05 Å². The number of pyridine rings is 1. The van der Waals surface area contributed by atoms with Crippen LogP contribution >= 0.6 is 0 Å². The third-order valence-corrected chi connectivity index (χ3v) is 3.87. The van der Waals surface area contributed by atoms with E-state index in [0.29, 0.717) is 22.4 Å². The number of fused-ring (bicyclic) bond motifs is 1. The Bertz CT molecular complexity index is 924. The molecular weight excluding hydrogens is 308 g/mol. The average molecular weight is 326 g/mol. The Morgan fingerprint density at radius 2 is 2.12 bits per heavy atom. The van der Waals surface area contributed by atoms with Gasteiger partial charge in [-0.2, -0.15) is 5.10 Å². The van der Waals surface area contributed by atoms with Gasteiger partial charge in [0.2, 0.25) is 0 Å². The topological polar surface area (TPSA) is 98.7 Å². The Morgan fingerprint density at radius 3 is 2.75 bits per heavy atom. The molecule has 0 radical (unpaired) electrons. The van der Waals surface area contributed by atoms with Crippen LogP contribution in [0.1, 0.15) is 48.1 Å². The van der Waals surface area contributed by atoms with Crippen LogP contribution in [0.15, 0.2) is 18.5 Å². The van der Waals surface area contributed by atoms with Crippen molar-refractivity contribution in [3.05, 3.63) is 35.4 Å². The number of carboxylic acid groups (broad SMARTS) is 1. The van der Waals surface area contributed by atoms with Gasteiger partial charge in [-0.25, -0.2) is 14.5 Å². The number of aromatic carboxylic acids is 1. The average Bonchev–Trinajstić information content (AvgIpc) is 3.17. The standard InChI is InChI=1S/C16H18N6O2/c1-4-10(2)22-15-14(8-17-22)13(16(23)24)7-11(18-15)5-6-12-9-21(3)20-19-12/h5-10H,4H2,1-3H3,(H,23,24). The smallest absolute Gasteiger partial charge is 0.336 e. The minimum Gasteiger partial charge on any atom is -0.478 e. The second-order valence-corrected chi connectivity index (χ2v) is 5.63. The van der Waals surface area contributed by atoms with E-state index in [-0.39, 0.29) is 11.6 Å². The number of aryl methyl sites for hydroxylation is 1. The highest BCUT2D eigenvalue weighted by Crippen LogP contribution is 2.23. The molecule has 124 valence electrons.